The highest BCUT2D eigenvalue weighted by atomic mass is 32.2. The van der Waals surface area contributed by atoms with Crippen LogP contribution in [0.3, 0.4) is 0 Å². The fourth-order valence-electron chi connectivity index (χ4n) is 1.52. The van der Waals surface area contributed by atoms with Gasteiger partial charge in [0.2, 0.25) is 0 Å². The lowest BCUT2D eigenvalue weighted by Gasteiger charge is -2.12. The molecular formula is C9H15N5OS. The van der Waals surface area contributed by atoms with Gasteiger partial charge in [0.25, 0.3) is 0 Å². The van der Waals surface area contributed by atoms with E-state index in [0.29, 0.717) is 17.0 Å². The van der Waals surface area contributed by atoms with Crippen molar-refractivity contribution in [2.24, 2.45) is 5.84 Å². The predicted molar refractivity (Wildman–Crippen MR) is 64.5 cm³/mol. The molecule has 4 N–H and O–H groups in total. The number of nitrogens with zero attached hydrogens (tertiary/aromatic N) is 2. The van der Waals surface area contributed by atoms with Gasteiger partial charge in [0.15, 0.2) is 5.16 Å². The van der Waals surface area contributed by atoms with Crippen LogP contribution in [0, 0.1) is 0 Å². The van der Waals surface area contributed by atoms with Crippen LogP contribution in [-0.2, 0) is 4.74 Å². The minimum Gasteiger partial charge on any atom is -0.379 e. The predicted octanol–water partition coefficient (Wildman–Crippen LogP) is 0.685. The van der Waals surface area contributed by atoms with Crippen molar-refractivity contribution in [3.63, 3.8) is 0 Å². The zero-order valence-electron chi connectivity index (χ0n) is 9.06. The maximum absolute atomic E-state index is 5.35. The molecule has 1 aliphatic heterocycles. The number of nitrogens with one attached hydrogen (secondary N) is 2. The van der Waals surface area contributed by atoms with Gasteiger partial charge in [0.1, 0.15) is 11.6 Å². The van der Waals surface area contributed by atoms with E-state index in [1.165, 1.54) is 11.8 Å². The molecule has 16 heavy (non-hydrogen) atoms. The minimum atomic E-state index is 0.329. The van der Waals surface area contributed by atoms with Crippen LogP contribution in [-0.4, -0.2) is 35.5 Å². The summed E-state index contributed by atoms with van der Waals surface area (Å²) in [5, 5.41) is 4.00. The Balaban J connectivity index is 2.12. The minimum absolute atomic E-state index is 0.329. The van der Waals surface area contributed by atoms with Crippen molar-refractivity contribution in [3.05, 3.63) is 6.07 Å². The Kier molecular flexibility index (Phi) is 3.81. The first-order valence-corrected chi connectivity index (χ1v) is 6.28. The highest BCUT2D eigenvalue weighted by Gasteiger charge is 2.16. The molecule has 1 aliphatic rings. The van der Waals surface area contributed by atoms with E-state index >= 15 is 0 Å². The van der Waals surface area contributed by atoms with Crippen molar-refractivity contribution in [3.8, 4) is 0 Å². The number of hydrogen-bond acceptors (Lipinski definition) is 7. The lowest BCUT2D eigenvalue weighted by Crippen LogP contribution is -2.20. The standard InChI is InChI=1S/C9H15N5OS/c1-16-9-12-7(4-8(13-9)14-10)11-6-2-3-15-5-6/h4,6H,2-3,5,10H2,1H3,(H2,11,12,13,14). The summed E-state index contributed by atoms with van der Waals surface area (Å²) in [6, 6.07) is 2.12. The molecule has 0 spiro atoms. The van der Waals surface area contributed by atoms with Crippen molar-refractivity contribution >= 4 is 23.4 Å². The fourth-order valence-corrected chi connectivity index (χ4v) is 1.90. The number of nitrogen functional groups attached to an aromatic ring is 1. The van der Waals surface area contributed by atoms with E-state index in [1.807, 2.05) is 6.26 Å². The highest BCUT2D eigenvalue weighted by Crippen LogP contribution is 2.18. The Hall–Kier alpha value is -1.05. The summed E-state index contributed by atoms with van der Waals surface area (Å²) < 4.78 is 5.29. The topological polar surface area (TPSA) is 85.1 Å². The summed E-state index contributed by atoms with van der Waals surface area (Å²) in [6.45, 7) is 1.53. The molecule has 1 saturated heterocycles. The number of nitrogens with two attached hydrogens (primary N) is 1. The largest absolute Gasteiger partial charge is 0.379 e. The summed E-state index contributed by atoms with van der Waals surface area (Å²) in [5.41, 5.74) is 2.53. The SMILES string of the molecule is CSc1nc(NN)cc(NC2CCOC2)n1. The molecule has 1 unspecified atom stereocenters. The Labute approximate surface area is 98.3 Å². The molecule has 0 saturated carbocycles. The molecule has 0 aromatic carbocycles. The van der Waals surface area contributed by atoms with Crippen molar-refractivity contribution in [1.29, 1.82) is 0 Å². The van der Waals surface area contributed by atoms with Crippen molar-refractivity contribution in [2.75, 3.05) is 30.2 Å². The van der Waals surface area contributed by atoms with Crippen LogP contribution in [0.15, 0.2) is 11.2 Å². The van der Waals surface area contributed by atoms with Crippen LogP contribution in [0.4, 0.5) is 11.6 Å². The second-order valence-corrected chi connectivity index (χ2v) is 4.25. The zero-order chi connectivity index (χ0) is 11.4. The number of hydrogen-bond donors (Lipinski definition) is 3. The summed E-state index contributed by atoms with van der Waals surface area (Å²) in [7, 11) is 0. The average Bonchev–Trinajstić information content (AvgIpc) is 2.81. The van der Waals surface area contributed by atoms with E-state index in [1.54, 1.807) is 6.07 Å². The Morgan fingerprint density at radius 1 is 1.50 bits per heavy atom. The first-order valence-electron chi connectivity index (χ1n) is 5.06. The monoisotopic (exact) mass is 241 g/mol. The summed E-state index contributed by atoms with van der Waals surface area (Å²) in [4.78, 5) is 8.54. The third-order valence-corrected chi connectivity index (χ3v) is 2.87. The fraction of sp³-hybridized carbons (Fsp3) is 0.556. The van der Waals surface area contributed by atoms with Gasteiger partial charge in [-0.05, 0) is 12.7 Å². The average molecular weight is 241 g/mol. The van der Waals surface area contributed by atoms with Gasteiger partial charge < -0.3 is 15.5 Å². The first kappa shape index (κ1) is 11.4. The van der Waals surface area contributed by atoms with E-state index in [4.69, 9.17) is 10.6 Å². The third-order valence-electron chi connectivity index (χ3n) is 2.32. The van der Waals surface area contributed by atoms with Crippen LogP contribution >= 0.6 is 11.8 Å². The maximum Gasteiger partial charge on any atom is 0.191 e. The van der Waals surface area contributed by atoms with Gasteiger partial charge in [-0.2, -0.15) is 0 Å². The molecule has 0 radical (unpaired) electrons. The van der Waals surface area contributed by atoms with E-state index in [-0.39, 0.29) is 0 Å². The molecule has 1 aromatic heterocycles. The molecule has 1 atom stereocenters. The summed E-state index contributed by atoms with van der Waals surface area (Å²) in [6.07, 6.45) is 2.93. The molecule has 2 rings (SSSR count). The van der Waals surface area contributed by atoms with Gasteiger partial charge in [-0.15, -0.1) is 0 Å². The lowest BCUT2D eigenvalue weighted by molar-refractivity contribution is 0.195. The third kappa shape index (κ3) is 2.75. The van der Waals surface area contributed by atoms with Crippen LogP contribution < -0.4 is 16.6 Å². The number of anilines is 2. The summed E-state index contributed by atoms with van der Waals surface area (Å²) in [5.74, 6) is 6.74. The zero-order valence-corrected chi connectivity index (χ0v) is 9.88. The molecule has 1 aromatic rings. The van der Waals surface area contributed by atoms with Crippen LogP contribution in [0.5, 0.6) is 0 Å². The molecule has 2 heterocycles. The van der Waals surface area contributed by atoms with Gasteiger partial charge in [0.05, 0.1) is 12.6 Å². The van der Waals surface area contributed by atoms with Crippen LogP contribution in [0.2, 0.25) is 0 Å². The summed E-state index contributed by atoms with van der Waals surface area (Å²) >= 11 is 1.48. The van der Waals surface area contributed by atoms with Gasteiger partial charge in [-0.25, -0.2) is 15.8 Å². The molecule has 1 fully saturated rings. The lowest BCUT2D eigenvalue weighted by atomic mass is 10.2. The number of ether oxygens (including phenoxy) is 1. The Bertz CT molecular complexity index is 334. The van der Waals surface area contributed by atoms with E-state index < -0.39 is 0 Å². The number of rotatable bonds is 4. The van der Waals surface area contributed by atoms with Gasteiger partial charge in [0, 0.05) is 12.7 Å². The van der Waals surface area contributed by atoms with Crippen molar-refractivity contribution in [2.45, 2.75) is 17.6 Å². The van der Waals surface area contributed by atoms with E-state index in [2.05, 4.69) is 20.7 Å². The normalized spacial score (nSPS) is 19.8. The van der Waals surface area contributed by atoms with Crippen molar-refractivity contribution < 1.29 is 4.74 Å². The van der Waals surface area contributed by atoms with Gasteiger partial charge >= 0.3 is 0 Å². The Morgan fingerprint density at radius 3 is 2.94 bits per heavy atom. The second kappa shape index (κ2) is 5.33. The molecule has 88 valence electrons. The first-order chi connectivity index (χ1) is 7.81. The van der Waals surface area contributed by atoms with Crippen LogP contribution in [0.1, 0.15) is 6.42 Å². The van der Waals surface area contributed by atoms with Gasteiger partial charge in [-0.1, -0.05) is 11.8 Å². The number of aromatic nitrogens is 2. The highest BCUT2D eigenvalue weighted by molar-refractivity contribution is 7.98. The molecule has 0 amide bonds. The molecule has 0 bridgehead atoms. The van der Waals surface area contributed by atoms with E-state index in [0.717, 1.165) is 25.5 Å². The smallest absolute Gasteiger partial charge is 0.191 e. The molecular weight excluding hydrogens is 226 g/mol. The second-order valence-electron chi connectivity index (χ2n) is 3.47. The molecule has 0 aliphatic carbocycles. The van der Waals surface area contributed by atoms with Crippen LogP contribution in [0.25, 0.3) is 0 Å². The van der Waals surface area contributed by atoms with E-state index in [9.17, 15) is 0 Å². The quantitative estimate of drug-likeness (QED) is 0.309. The maximum atomic E-state index is 5.35. The molecule has 7 heteroatoms. The molecule has 6 nitrogen and oxygen atoms in total. The van der Waals surface area contributed by atoms with Gasteiger partial charge in [-0.3, -0.25) is 0 Å². The number of thioether (sulfide) groups is 1. The number of hydrazine groups is 1. The van der Waals surface area contributed by atoms with Crippen molar-refractivity contribution in [1.82, 2.24) is 9.97 Å². The Morgan fingerprint density at radius 2 is 2.31 bits per heavy atom.